The molecule has 3 aromatic carbocycles. The topological polar surface area (TPSA) is 122 Å². The molecule has 33 heavy (non-hydrogen) atoms. The van der Waals surface area contributed by atoms with E-state index in [0.29, 0.717) is 17.2 Å². The maximum atomic E-state index is 13.3. The Bertz CT molecular complexity index is 1290. The normalized spacial score (nSPS) is 18.2. The molecule has 1 heterocycles. The fourth-order valence-corrected chi connectivity index (χ4v) is 3.95. The van der Waals surface area contributed by atoms with Crippen LogP contribution in [0.4, 0.5) is 11.4 Å². The third-order valence-electron chi connectivity index (χ3n) is 4.70. The Morgan fingerprint density at radius 2 is 1.52 bits per heavy atom. The molecular formula is C23H22N4O5S. The highest BCUT2D eigenvalue weighted by Gasteiger charge is 2.24. The fourth-order valence-electron chi connectivity index (χ4n) is 2.93. The Balaban J connectivity index is 1.80. The van der Waals surface area contributed by atoms with E-state index in [2.05, 4.69) is 20.8 Å². The van der Waals surface area contributed by atoms with Gasteiger partial charge in [0, 0.05) is 0 Å². The lowest BCUT2D eigenvalue weighted by molar-refractivity contribution is 0.0631. The van der Waals surface area contributed by atoms with Crippen molar-refractivity contribution in [2.75, 3.05) is 18.6 Å². The van der Waals surface area contributed by atoms with Crippen LogP contribution in [0.1, 0.15) is 5.56 Å². The number of hydrogen-bond acceptors (Lipinski definition) is 9. The molecule has 0 fully saturated rings. The van der Waals surface area contributed by atoms with E-state index in [-0.39, 0.29) is 23.8 Å². The van der Waals surface area contributed by atoms with Gasteiger partial charge in [0.15, 0.2) is 0 Å². The highest BCUT2D eigenvalue weighted by atomic mass is 32.2. The molecule has 0 saturated carbocycles. The second-order valence-electron chi connectivity index (χ2n) is 7.26. The number of anilines is 1. The van der Waals surface area contributed by atoms with E-state index in [1.807, 2.05) is 6.92 Å². The van der Waals surface area contributed by atoms with Crippen molar-refractivity contribution in [1.82, 2.24) is 0 Å². The van der Waals surface area contributed by atoms with E-state index in [0.717, 1.165) is 5.56 Å². The minimum absolute atomic E-state index is 0.0332. The maximum absolute atomic E-state index is 13.3. The summed E-state index contributed by atoms with van der Waals surface area (Å²) in [5.74, 6) is 0.708. The monoisotopic (exact) mass is 466 g/mol. The van der Waals surface area contributed by atoms with Crippen LogP contribution in [-0.4, -0.2) is 38.0 Å². The number of azo groups is 1. The van der Waals surface area contributed by atoms with Gasteiger partial charge in [-0.15, -0.1) is 15.3 Å². The quantitative estimate of drug-likeness (QED) is 0.558. The number of hydrogen-bond donors (Lipinski definition) is 2. The second kappa shape index (κ2) is 9.80. The Kier molecular flexibility index (Phi) is 6.66. The highest BCUT2D eigenvalue weighted by Crippen LogP contribution is 2.29. The van der Waals surface area contributed by atoms with E-state index in [1.165, 1.54) is 12.1 Å². The molecule has 9 nitrogen and oxygen atoms in total. The predicted molar refractivity (Wildman–Crippen MR) is 124 cm³/mol. The second-order valence-corrected chi connectivity index (χ2v) is 9.11. The SMILES string of the molecule is Cc1ccc(S(=O)(=O)/C2=N\Nc3ccccc3OCC(O)COc3ccccc3N=N2)cc1. The van der Waals surface area contributed by atoms with Gasteiger partial charge in [-0.25, -0.2) is 8.42 Å². The van der Waals surface area contributed by atoms with Gasteiger partial charge in [0.1, 0.15) is 36.5 Å². The minimum atomic E-state index is -4.09. The molecule has 0 aliphatic carbocycles. The van der Waals surface area contributed by atoms with Crippen LogP contribution in [0.5, 0.6) is 11.5 Å². The van der Waals surface area contributed by atoms with E-state index in [9.17, 15) is 13.5 Å². The summed E-state index contributed by atoms with van der Waals surface area (Å²) >= 11 is 0. The Hall–Kier alpha value is -3.76. The molecule has 10 heteroatoms. The van der Waals surface area contributed by atoms with Gasteiger partial charge < -0.3 is 14.6 Å². The summed E-state index contributed by atoms with van der Waals surface area (Å²) in [6.07, 6.45) is -0.910. The molecule has 0 saturated heterocycles. The molecule has 1 aliphatic heterocycles. The Morgan fingerprint density at radius 1 is 0.879 bits per heavy atom. The number of nitrogens with one attached hydrogen (secondary N) is 1. The highest BCUT2D eigenvalue weighted by molar-refractivity contribution is 8.06. The van der Waals surface area contributed by atoms with Crippen molar-refractivity contribution < 1.29 is 23.0 Å². The summed E-state index contributed by atoms with van der Waals surface area (Å²) in [5, 5.41) is 21.8. The zero-order valence-corrected chi connectivity index (χ0v) is 18.6. The first-order chi connectivity index (χ1) is 15.9. The van der Waals surface area contributed by atoms with Gasteiger partial charge in [0.2, 0.25) is 9.84 Å². The van der Waals surface area contributed by atoms with Gasteiger partial charge in [-0.05, 0) is 43.3 Å². The van der Waals surface area contributed by atoms with E-state index in [1.54, 1.807) is 60.7 Å². The first kappa shape index (κ1) is 22.4. The van der Waals surface area contributed by atoms with Gasteiger partial charge >= 0.3 is 0 Å². The van der Waals surface area contributed by atoms with Crippen LogP contribution >= 0.6 is 0 Å². The van der Waals surface area contributed by atoms with Crippen LogP contribution < -0.4 is 14.9 Å². The van der Waals surface area contributed by atoms with E-state index >= 15 is 0 Å². The molecule has 1 unspecified atom stereocenters. The predicted octanol–water partition coefficient (Wildman–Crippen LogP) is 4.07. The minimum Gasteiger partial charge on any atom is -0.489 e. The van der Waals surface area contributed by atoms with Crippen LogP contribution in [0.15, 0.2) is 93.0 Å². The lowest BCUT2D eigenvalue weighted by Crippen LogP contribution is -2.25. The van der Waals surface area contributed by atoms with Crippen molar-refractivity contribution in [2.24, 2.45) is 15.3 Å². The van der Waals surface area contributed by atoms with Crippen LogP contribution in [0.2, 0.25) is 0 Å². The number of hydrazone groups is 1. The smallest absolute Gasteiger partial charge is 0.289 e. The summed E-state index contributed by atoms with van der Waals surface area (Å²) in [7, 11) is -4.09. The molecule has 170 valence electrons. The van der Waals surface area contributed by atoms with Crippen molar-refractivity contribution >= 4 is 26.4 Å². The summed E-state index contributed by atoms with van der Waals surface area (Å²) in [6.45, 7) is 1.77. The van der Waals surface area contributed by atoms with Crippen LogP contribution in [0.25, 0.3) is 0 Å². The van der Waals surface area contributed by atoms with Crippen LogP contribution in [-0.2, 0) is 9.84 Å². The van der Waals surface area contributed by atoms with Crippen LogP contribution in [0.3, 0.4) is 0 Å². The molecule has 0 radical (unpaired) electrons. The van der Waals surface area contributed by atoms with Crippen molar-refractivity contribution in [3.63, 3.8) is 0 Å². The third kappa shape index (κ3) is 5.36. The van der Waals surface area contributed by atoms with Gasteiger partial charge in [-0.1, -0.05) is 42.0 Å². The number of fused-ring (bicyclic) bond motifs is 2. The number of nitrogens with zero attached hydrogens (tertiary/aromatic N) is 3. The molecule has 1 aliphatic rings. The molecular weight excluding hydrogens is 444 g/mol. The zero-order valence-electron chi connectivity index (χ0n) is 17.7. The van der Waals surface area contributed by atoms with Crippen LogP contribution in [0, 0.1) is 6.92 Å². The molecule has 2 N–H and O–H groups in total. The van der Waals surface area contributed by atoms with Gasteiger partial charge in [0.05, 0.1) is 10.6 Å². The summed E-state index contributed by atoms with van der Waals surface area (Å²) in [4.78, 5) is 0.0332. The molecule has 1 atom stereocenters. The van der Waals surface area contributed by atoms with Gasteiger partial charge in [-0.2, -0.15) is 0 Å². The molecule has 0 spiro atoms. The molecule has 0 amide bonds. The number of amidine groups is 1. The van der Waals surface area contributed by atoms with Crippen molar-refractivity contribution in [1.29, 1.82) is 0 Å². The summed E-state index contributed by atoms with van der Waals surface area (Å²) in [6, 6.07) is 19.9. The third-order valence-corrected chi connectivity index (χ3v) is 6.25. The van der Waals surface area contributed by atoms with E-state index < -0.39 is 21.1 Å². The fraction of sp³-hybridized carbons (Fsp3) is 0.174. The zero-order chi connectivity index (χ0) is 23.3. The van der Waals surface area contributed by atoms with Gasteiger partial charge in [-0.3, -0.25) is 5.43 Å². The molecule has 4 rings (SSSR count). The molecule has 3 aromatic rings. The first-order valence-corrected chi connectivity index (χ1v) is 11.6. The molecule has 0 aromatic heterocycles. The standard InChI is InChI=1S/C23H22N4O5S/c1-16-10-12-18(13-11-16)33(29,30)23-26-24-19-6-2-4-8-21(19)31-14-17(28)15-32-22-9-5-3-7-20(22)25-27-23/h2-13,17,24,28H,14-15H2,1H3/b26-23-,27-25?. The largest absolute Gasteiger partial charge is 0.489 e. The van der Waals surface area contributed by atoms with Crippen molar-refractivity contribution in [2.45, 2.75) is 17.9 Å². The Morgan fingerprint density at radius 3 is 2.27 bits per heavy atom. The van der Waals surface area contributed by atoms with E-state index in [4.69, 9.17) is 9.47 Å². The van der Waals surface area contributed by atoms with Gasteiger partial charge in [0.25, 0.3) is 5.17 Å². The number of ether oxygens (including phenoxy) is 2. The average molecular weight is 467 g/mol. The number of rotatable bonds is 1. The number of para-hydroxylation sites is 3. The average Bonchev–Trinajstić information content (AvgIpc) is 2.82. The summed E-state index contributed by atoms with van der Waals surface area (Å²) < 4.78 is 37.9. The summed E-state index contributed by atoms with van der Waals surface area (Å²) in [5.41, 5.74) is 4.31. The number of aliphatic hydroxyl groups excluding tert-OH is 1. The number of aliphatic hydroxyl groups is 1. The van der Waals surface area contributed by atoms with Crippen molar-refractivity contribution in [3.05, 3.63) is 78.4 Å². The lowest BCUT2D eigenvalue weighted by atomic mass is 10.2. The maximum Gasteiger partial charge on any atom is 0.289 e. The lowest BCUT2D eigenvalue weighted by Gasteiger charge is -2.16. The first-order valence-electron chi connectivity index (χ1n) is 10.1. The Labute approximate surface area is 191 Å². The van der Waals surface area contributed by atoms with Crippen molar-refractivity contribution in [3.8, 4) is 11.5 Å². The molecule has 0 bridgehead atoms. The number of aryl methyl sites for hydroxylation is 1. The number of sulfone groups is 1. The number of benzene rings is 3.